The summed E-state index contributed by atoms with van der Waals surface area (Å²) in [6.45, 7) is 13.8. The second kappa shape index (κ2) is 8.19. The van der Waals surface area contributed by atoms with E-state index in [1.807, 2.05) is 0 Å². The average Bonchev–Trinajstić information content (AvgIpc) is 2.48. The molecule has 22 heavy (non-hydrogen) atoms. The van der Waals surface area contributed by atoms with Gasteiger partial charge in [0.25, 0.3) is 0 Å². The van der Waals surface area contributed by atoms with E-state index in [2.05, 4.69) is 44.7 Å². The van der Waals surface area contributed by atoms with Gasteiger partial charge in [0.05, 0.1) is 5.76 Å². The molecule has 2 rings (SSSR count). The Labute approximate surface area is 137 Å². The zero-order valence-electron chi connectivity index (χ0n) is 15.2. The standard InChI is InChI=1S/C20H35NO/c1-5-12-20(3,4)18-8-10-19(11-9-18)22-15-14-21-13-6-7-17(2)16-21/h8,10,17H,5-7,9,11-16H2,1-4H3. The number of rotatable bonds is 7. The largest absolute Gasteiger partial charge is 0.497 e. The van der Waals surface area contributed by atoms with E-state index < -0.39 is 0 Å². The molecule has 2 heteroatoms. The lowest BCUT2D eigenvalue weighted by molar-refractivity contribution is 0.121. The van der Waals surface area contributed by atoms with Gasteiger partial charge in [0.1, 0.15) is 6.61 Å². The molecule has 1 saturated heterocycles. The van der Waals surface area contributed by atoms with Crippen LogP contribution in [0.3, 0.4) is 0 Å². The number of piperidine rings is 1. The fraction of sp³-hybridized carbons (Fsp3) is 0.800. The van der Waals surface area contributed by atoms with Crippen LogP contribution in [0.2, 0.25) is 0 Å². The predicted octanol–water partition coefficient (Wildman–Crippen LogP) is 5.17. The third-order valence-electron chi connectivity index (χ3n) is 5.29. The molecular formula is C20H35NO. The zero-order valence-corrected chi connectivity index (χ0v) is 15.2. The van der Waals surface area contributed by atoms with Crippen molar-refractivity contribution in [3.8, 4) is 0 Å². The van der Waals surface area contributed by atoms with Gasteiger partial charge in [-0.3, -0.25) is 4.90 Å². The first-order valence-electron chi connectivity index (χ1n) is 9.26. The Morgan fingerprint density at radius 2 is 2.09 bits per heavy atom. The van der Waals surface area contributed by atoms with Crippen LogP contribution in [0.1, 0.15) is 66.2 Å². The van der Waals surface area contributed by atoms with Crippen LogP contribution in [-0.4, -0.2) is 31.1 Å². The number of nitrogens with zero attached hydrogens (tertiary/aromatic N) is 1. The summed E-state index contributed by atoms with van der Waals surface area (Å²) in [7, 11) is 0. The van der Waals surface area contributed by atoms with Gasteiger partial charge in [-0.15, -0.1) is 0 Å². The van der Waals surface area contributed by atoms with Crippen LogP contribution in [0.5, 0.6) is 0 Å². The van der Waals surface area contributed by atoms with Gasteiger partial charge in [-0.05, 0) is 49.6 Å². The maximum absolute atomic E-state index is 6.02. The third-order valence-corrected chi connectivity index (χ3v) is 5.29. The number of hydrogen-bond donors (Lipinski definition) is 0. The monoisotopic (exact) mass is 305 g/mol. The predicted molar refractivity (Wildman–Crippen MR) is 94.9 cm³/mol. The summed E-state index contributed by atoms with van der Waals surface area (Å²) in [5.74, 6) is 2.04. The summed E-state index contributed by atoms with van der Waals surface area (Å²) in [5.41, 5.74) is 1.94. The molecule has 0 bridgehead atoms. The molecule has 0 amide bonds. The second-order valence-electron chi connectivity index (χ2n) is 7.86. The van der Waals surface area contributed by atoms with Gasteiger partial charge in [0.2, 0.25) is 0 Å². The lowest BCUT2D eigenvalue weighted by Gasteiger charge is -2.31. The highest BCUT2D eigenvalue weighted by atomic mass is 16.5. The van der Waals surface area contributed by atoms with Crippen molar-refractivity contribution in [2.24, 2.45) is 11.3 Å². The van der Waals surface area contributed by atoms with Gasteiger partial charge < -0.3 is 4.74 Å². The molecule has 0 aromatic heterocycles. The minimum absolute atomic E-state index is 0.348. The van der Waals surface area contributed by atoms with Gasteiger partial charge in [0.15, 0.2) is 0 Å². The molecule has 1 fully saturated rings. The van der Waals surface area contributed by atoms with E-state index in [-0.39, 0.29) is 0 Å². The quantitative estimate of drug-likeness (QED) is 0.643. The lowest BCUT2D eigenvalue weighted by Crippen LogP contribution is -2.36. The van der Waals surface area contributed by atoms with Crippen LogP contribution < -0.4 is 0 Å². The third kappa shape index (κ3) is 5.15. The van der Waals surface area contributed by atoms with Gasteiger partial charge in [-0.1, -0.05) is 45.8 Å². The maximum atomic E-state index is 6.02. The van der Waals surface area contributed by atoms with E-state index >= 15 is 0 Å². The molecule has 1 heterocycles. The highest BCUT2D eigenvalue weighted by molar-refractivity contribution is 5.25. The van der Waals surface area contributed by atoms with Crippen molar-refractivity contribution in [3.05, 3.63) is 23.5 Å². The Morgan fingerprint density at radius 3 is 2.73 bits per heavy atom. The van der Waals surface area contributed by atoms with Crippen molar-refractivity contribution in [1.29, 1.82) is 0 Å². The smallest absolute Gasteiger partial charge is 0.100 e. The Balaban J connectivity index is 1.75. The molecule has 1 unspecified atom stereocenters. The van der Waals surface area contributed by atoms with E-state index in [9.17, 15) is 0 Å². The fourth-order valence-electron chi connectivity index (χ4n) is 3.88. The van der Waals surface area contributed by atoms with Crippen molar-refractivity contribution in [2.75, 3.05) is 26.2 Å². The second-order valence-corrected chi connectivity index (χ2v) is 7.86. The highest BCUT2D eigenvalue weighted by Gasteiger charge is 2.23. The van der Waals surface area contributed by atoms with E-state index in [0.29, 0.717) is 5.41 Å². The van der Waals surface area contributed by atoms with Crippen LogP contribution in [0.15, 0.2) is 23.5 Å². The van der Waals surface area contributed by atoms with E-state index in [1.54, 1.807) is 5.57 Å². The summed E-state index contributed by atoms with van der Waals surface area (Å²) >= 11 is 0. The van der Waals surface area contributed by atoms with Crippen LogP contribution in [0.4, 0.5) is 0 Å². The summed E-state index contributed by atoms with van der Waals surface area (Å²) in [5, 5.41) is 0. The topological polar surface area (TPSA) is 12.5 Å². The van der Waals surface area contributed by atoms with Crippen LogP contribution in [0.25, 0.3) is 0 Å². The van der Waals surface area contributed by atoms with Crippen molar-refractivity contribution in [2.45, 2.75) is 66.2 Å². The summed E-state index contributed by atoms with van der Waals surface area (Å²) in [6, 6.07) is 0. The average molecular weight is 306 g/mol. The minimum Gasteiger partial charge on any atom is -0.497 e. The summed E-state index contributed by atoms with van der Waals surface area (Å²) in [4.78, 5) is 2.56. The molecule has 1 aliphatic carbocycles. The highest BCUT2D eigenvalue weighted by Crippen LogP contribution is 2.37. The number of likely N-dealkylation sites (tertiary alicyclic amines) is 1. The zero-order chi connectivity index (χ0) is 16.0. The molecule has 1 atom stereocenters. The first kappa shape index (κ1) is 17.6. The first-order valence-corrected chi connectivity index (χ1v) is 9.26. The normalized spacial score (nSPS) is 23.9. The van der Waals surface area contributed by atoms with E-state index in [1.165, 1.54) is 51.0 Å². The molecule has 0 aromatic carbocycles. The fourth-order valence-corrected chi connectivity index (χ4v) is 3.88. The van der Waals surface area contributed by atoms with Gasteiger partial charge in [0, 0.05) is 19.5 Å². The molecule has 2 aliphatic rings. The van der Waals surface area contributed by atoms with Crippen LogP contribution >= 0.6 is 0 Å². The molecule has 2 nitrogen and oxygen atoms in total. The molecule has 0 spiro atoms. The summed E-state index contributed by atoms with van der Waals surface area (Å²) in [6.07, 6.45) is 12.1. The Kier molecular flexibility index (Phi) is 6.55. The molecule has 0 N–H and O–H groups in total. The summed E-state index contributed by atoms with van der Waals surface area (Å²) < 4.78 is 6.02. The number of hydrogen-bond acceptors (Lipinski definition) is 2. The van der Waals surface area contributed by atoms with E-state index in [0.717, 1.165) is 25.5 Å². The van der Waals surface area contributed by atoms with Crippen molar-refractivity contribution < 1.29 is 4.74 Å². The molecule has 0 saturated carbocycles. The SMILES string of the molecule is CCCC(C)(C)C1=CC=C(OCCN2CCCC(C)C2)CC1. The van der Waals surface area contributed by atoms with Gasteiger partial charge in [-0.2, -0.15) is 0 Å². The Morgan fingerprint density at radius 1 is 1.27 bits per heavy atom. The van der Waals surface area contributed by atoms with Gasteiger partial charge in [-0.25, -0.2) is 0 Å². The molecule has 126 valence electrons. The van der Waals surface area contributed by atoms with Crippen LogP contribution in [-0.2, 0) is 4.74 Å². The lowest BCUT2D eigenvalue weighted by atomic mass is 9.77. The van der Waals surface area contributed by atoms with Crippen LogP contribution in [0, 0.1) is 11.3 Å². The Bertz CT molecular complexity index is 408. The van der Waals surface area contributed by atoms with E-state index in [4.69, 9.17) is 4.74 Å². The Hall–Kier alpha value is -0.760. The molecule has 1 aliphatic heterocycles. The van der Waals surface area contributed by atoms with Crippen molar-refractivity contribution >= 4 is 0 Å². The minimum atomic E-state index is 0.348. The first-order chi connectivity index (χ1) is 10.5. The number of ether oxygens (including phenoxy) is 1. The molecule has 0 aromatic rings. The maximum Gasteiger partial charge on any atom is 0.100 e. The van der Waals surface area contributed by atoms with Crippen molar-refractivity contribution in [3.63, 3.8) is 0 Å². The van der Waals surface area contributed by atoms with Gasteiger partial charge >= 0.3 is 0 Å². The molecular weight excluding hydrogens is 270 g/mol. The van der Waals surface area contributed by atoms with Crippen molar-refractivity contribution in [1.82, 2.24) is 4.90 Å². The number of allylic oxidation sites excluding steroid dienone is 4. The molecule has 0 radical (unpaired) electrons.